The topological polar surface area (TPSA) is 77.2 Å². The number of benzene rings is 2. The second kappa shape index (κ2) is 7.05. The molecule has 0 bridgehead atoms. The Morgan fingerprint density at radius 2 is 1.88 bits per heavy atom. The van der Waals surface area contributed by atoms with Crippen LogP contribution >= 0.6 is 0 Å². The number of nitrogens with one attached hydrogen (secondary N) is 1. The first kappa shape index (κ1) is 16.5. The third-order valence-electron chi connectivity index (χ3n) is 3.83. The summed E-state index contributed by atoms with van der Waals surface area (Å²) in [4.78, 5) is 16.6. The number of aromatic nitrogens is 1. The van der Waals surface area contributed by atoms with Gasteiger partial charge in [-0.05, 0) is 48.9 Å². The molecule has 0 unspecified atom stereocenters. The van der Waals surface area contributed by atoms with Crippen molar-refractivity contribution >= 4 is 17.5 Å². The number of hydrogen-bond donors (Lipinski definition) is 2. The van der Waals surface area contributed by atoms with Gasteiger partial charge in [0.2, 0.25) is 0 Å². The molecular formula is C20H19N3O2. The average Bonchev–Trinajstić information content (AvgIpc) is 2.62. The minimum atomic E-state index is -0.218. The summed E-state index contributed by atoms with van der Waals surface area (Å²) in [5.74, 6) is 1.28. The van der Waals surface area contributed by atoms with Gasteiger partial charge in [0.05, 0.1) is 7.11 Å². The van der Waals surface area contributed by atoms with Gasteiger partial charge >= 0.3 is 0 Å². The Hall–Kier alpha value is -3.34. The highest BCUT2D eigenvalue weighted by atomic mass is 16.5. The van der Waals surface area contributed by atoms with Gasteiger partial charge in [0.1, 0.15) is 17.4 Å². The number of pyridine rings is 1. The lowest BCUT2D eigenvalue weighted by atomic mass is 10.1. The predicted octanol–water partition coefficient (Wildman–Crippen LogP) is 3.90. The quantitative estimate of drug-likeness (QED) is 0.759. The molecule has 2 aromatic carbocycles. The van der Waals surface area contributed by atoms with Crippen molar-refractivity contribution in [1.29, 1.82) is 0 Å². The third kappa shape index (κ3) is 3.77. The van der Waals surface area contributed by atoms with E-state index < -0.39 is 0 Å². The number of nitrogen functional groups attached to an aromatic ring is 1. The highest BCUT2D eigenvalue weighted by Crippen LogP contribution is 2.28. The smallest absolute Gasteiger partial charge is 0.256 e. The first-order chi connectivity index (χ1) is 12.1. The Morgan fingerprint density at radius 1 is 1.08 bits per heavy atom. The molecule has 0 spiro atoms. The molecule has 0 saturated carbocycles. The number of nitrogens with two attached hydrogens (primary N) is 1. The molecule has 0 aliphatic rings. The molecule has 25 heavy (non-hydrogen) atoms. The number of methoxy groups -OCH3 is 1. The van der Waals surface area contributed by atoms with Gasteiger partial charge in [-0.25, -0.2) is 4.98 Å². The molecule has 0 fully saturated rings. The van der Waals surface area contributed by atoms with Crippen LogP contribution in [0.4, 0.5) is 11.6 Å². The first-order valence-electron chi connectivity index (χ1n) is 7.86. The monoisotopic (exact) mass is 333 g/mol. The Labute approximate surface area is 146 Å². The maximum Gasteiger partial charge on any atom is 0.256 e. The molecule has 1 aromatic heterocycles. The summed E-state index contributed by atoms with van der Waals surface area (Å²) in [5.41, 5.74) is 9.37. The standard InChI is InChI=1S/C20H19N3O2/c1-13-5-3-7-15(11-13)20(24)23-18-10-9-17(19(21)22-18)14-6-4-8-16(12-14)25-2/h3-12H,1-2H3,(H3,21,22,23,24). The summed E-state index contributed by atoms with van der Waals surface area (Å²) < 4.78 is 5.23. The fraction of sp³-hybridized carbons (Fsp3) is 0.100. The van der Waals surface area contributed by atoms with Crippen LogP contribution in [0.1, 0.15) is 15.9 Å². The Balaban J connectivity index is 1.83. The van der Waals surface area contributed by atoms with Crippen molar-refractivity contribution < 1.29 is 9.53 Å². The number of carbonyl (C=O) groups excluding carboxylic acids is 1. The van der Waals surface area contributed by atoms with E-state index in [2.05, 4.69) is 10.3 Å². The van der Waals surface area contributed by atoms with Crippen molar-refractivity contribution in [3.63, 3.8) is 0 Å². The summed E-state index contributed by atoms with van der Waals surface area (Å²) in [6.45, 7) is 1.94. The summed E-state index contributed by atoms with van der Waals surface area (Å²) in [6.07, 6.45) is 0. The van der Waals surface area contributed by atoms with Crippen LogP contribution in [0.15, 0.2) is 60.7 Å². The minimum absolute atomic E-state index is 0.218. The summed E-state index contributed by atoms with van der Waals surface area (Å²) in [7, 11) is 1.62. The second-order valence-electron chi connectivity index (χ2n) is 5.68. The molecule has 3 N–H and O–H groups in total. The zero-order chi connectivity index (χ0) is 17.8. The van der Waals surface area contributed by atoms with Crippen molar-refractivity contribution in [1.82, 2.24) is 4.98 Å². The first-order valence-corrected chi connectivity index (χ1v) is 7.86. The average molecular weight is 333 g/mol. The van der Waals surface area contributed by atoms with Crippen LogP contribution in [0.25, 0.3) is 11.1 Å². The fourth-order valence-corrected chi connectivity index (χ4v) is 2.55. The largest absolute Gasteiger partial charge is 0.497 e. The number of rotatable bonds is 4. The Morgan fingerprint density at radius 3 is 2.60 bits per heavy atom. The molecule has 0 radical (unpaired) electrons. The van der Waals surface area contributed by atoms with Gasteiger partial charge in [0.25, 0.3) is 5.91 Å². The van der Waals surface area contributed by atoms with Crippen LogP contribution in [0.5, 0.6) is 5.75 Å². The van der Waals surface area contributed by atoms with Gasteiger partial charge in [0, 0.05) is 11.1 Å². The summed E-state index contributed by atoms with van der Waals surface area (Å²) in [5, 5.41) is 2.77. The van der Waals surface area contributed by atoms with E-state index in [1.165, 1.54) is 0 Å². The van der Waals surface area contributed by atoms with Gasteiger partial charge in [-0.15, -0.1) is 0 Å². The van der Waals surface area contributed by atoms with Crippen molar-refractivity contribution in [2.45, 2.75) is 6.92 Å². The predicted molar refractivity (Wildman–Crippen MR) is 99.8 cm³/mol. The van der Waals surface area contributed by atoms with E-state index in [0.717, 1.165) is 22.4 Å². The molecule has 3 aromatic rings. The van der Waals surface area contributed by atoms with Crippen molar-refractivity contribution in [3.8, 4) is 16.9 Å². The molecule has 5 nitrogen and oxygen atoms in total. The zero-order valence-electron chi connectivity index (χ0n) is 14.1. The molecule has 0 saturated heterocycles. The van der Waals surface area contributed by atoms with Crippen LogP contribution < -0.4 is 15.8 Å². The number of ether oxygens (including phenoxy) is 1. The maximum absolute atomic E-state index is 12.3. The van der Waals surface area contributed by atoms with E-state index in [1.807, 2.05) is 55.5 Å². The molecule has 3 rings (SSSR count). The number of nitrogens with zero attached hydrogens (tertiary/aromatic N) is 1. The van der Waals surface area contributed by atoms with E-state index in [0.29, 0.717) is 17.2 Å². The van der Waals surface area contributed by atoms with Crippen molar-refractivity contribution in [2.24, 2.45) is 0 Å². The van der Waals surface area contributed by atoms with Crippen LogP contribution in [-0.2, 0) is 0 Å². The number of aryl methyl sites for hydroxylation is 1. The molecule has 1 heterocycles. The van der Waals surface area contributed by atoms with Gasteiger partial charge < -0.3 is 15.8 Å². The normalized spacial score (nSPS) is 10.3. The van der Waals surface area contributed by atoms with Crippen LogP contribution in [0.2, 0.25) is 0 Å². The SMILES string of the molecule is COc1cccc(-c2ccc(NC(=O)c3cccc(C)c3)nc2N)c1. The van der Waals surface area contributed by atoms with Crippen molar-refractivity contribution in [3.05, 3.63) is 71.8 Å². The van der Waals surface area contributed by atoms with Crippen LogP contribution in [-0.4, -0.2) is 18.0 Å². The molecule has 5 heteroatoms. The van der Waals surface area contributed by atoms with E-state index in [9.17, 15) is 4.79 Å². The number of amides is 1. The fourth-order valence-electron chi connectivity index (χ4n) is 2.55. The summed E-state index contributed by atoms with van der Waals surface area (Å²) in [6, 6.07) is 18.5. The molecule has 0 atom stereocenters. The van der Waals surface area contributed by atoms with Gasteiger partial charge in [-0.2, -0.15) is 0 Å². The number of hydrogen-bond acceptors (Lipinski definition) is 4. The van der Waals surface area contributed by atoms with E-state index in [1.54, 1.807) is 19.2 Å². The molecular weight excluding hydrogens is 314 g/mol. The minimum Gasteiger partial charge on any atom is -0.497 e. The molecule has 1 amide bonds. The molecule has 0 aliphatic carbocycles. The van der Waals surface area contributed by atoms with Crippen molar-refractivity contribution in [2.75, 3.05) is 18.2 Å². The van der Waals surface area contributed by atoms with Crippen LogP contribution in [0.3, 0.4) is 0 Å². The van der Waals surface area contributed by atoms with E-state index >= 15 is 0 Å². The van der Waals surface area contributed by atoms with Gasteiger partial charge in [-0.1, -0.05) is 29.8 Å². The molecule has 0 aliphatic heterocycles. The van der Waals surface area contributed by atoms with Gasteiger partial charge in [0.15, 0.2) is 0 Å². The van der Waals surface area contributed by atoms with Gasteiger partial charge in [-0.3, -0.25) is 4.79 Å². The molecule has 126 valence electrons. The summed E-state index contributed by atoms with van der Waals surface area (Å²) >= 11 is 0. The Kier molecular flexibility index (Phi) is 4.66. The number of carbonyl (C=O) groups is 1. The highest BCUT2D eigenvalue weighted by Gasteiger charge is 2.10. The highest BCUT2D eigenvalue weighted by molar-refractivity contribution is 6.04. The van der Waals surface area contributed by atoms with Crippen LogP contribution in [0, 0.1) is 6.92 Å². The zero-order valence-corrected chi connectivity index (χ0v) is 14.1. The number of anilines is 2. The maximum atomic E-state index is 12.3. The Bertz CT molecular complexity index is 922. The lowest BCUT2D eigenvalue weighted by Gasteiger charge is -2.10. The van der Waals surface area contributed by atoms with E-state index in [-0.39, 0.29) is 5.91 Å². The second-order valence-corrected chi connectivity index (χ2v) is 5.68. The third-order valence-corrected chi connectivity index (χ3v) is 3.83. The lowest BCUT2D eigenvalue weighted by Crippen LogP contribution is -2.13. The lowest BCUT2D eigenvalue weighted by molar-refractivity contribution is 0.102. The van der Waals surface area contributed by atoms with E-state index in [4.69, 9.17) is 10.5 Å².